The molecule has 19 heavy (non-hydrogen) atoms. The minimum absolute atomic E-state index is 0.678. The second-order valence-electron chi connectivity index (χ2n) is 4.62. The predicted molar refractivity (Wildman–Crippen MR) is 77.4 cm³/mol. The summed E-state index contributed by atoms with van der Waals surface area (Å²) in [6.07, 6.45) is 0.982. The van der Waals surface area contributed by atoms with E-state index < -0.39 is 0 Å². The molecular formula is C16H16N2O. The molecule has 0 aliphatic rings. The van der Waals surface area contributed by atoms with Gasteiger partial charge in [0.05, 0.1) is 0 Å². The van der Waals surface area contributed by atoms with E-state index in [-0.39, 0.29) is 0 Å². The smallest absolute Gasteiger partial charge is 0.298 e. The molecule has 2 aromatic carbocycles. The SMILES string of the molecule is CN(CCc1ccccc1)c1nc2ccccc2o1. The van der Waals surface area contributed by atoms with Crippen molar-refractivity contribution in [2.75, 3.05) is 18.5 Å². The van der Waals surface area contributed by atoms with Crippen LogP contribution < -0.4 is 4.90 Å². The molecule has 1 aromatic heterocycles. The molecule has 1 heterocycles. The fourth-order valence-electron chi connectivity index (χ4n) is 2.06. The highest BCUT2D eigenvalue weighted by atomic mass is 16.4. The quantitative estimate of drug-likeness (QED) is 0.711. The molecule has 0 aliphatic heterocycles. The van der Waals surface area contributed by atoms with Crippen molar-refractivity contribution in [1.82, 2.24) is 4.98 Å². The Bertz CT molecular complexity index is 628. The Hall–Kier alpha value is -2.29. The summed E-state index contributed by atoms with van der Waals surface area (Å²) < 4.78 is 5.73. The Morgan fingerprint density at radius 3 is 2.53 bits per heavy atom. The first-order valence-electron chi connectivity index (χ1n) is 6.43. The van der Waals surface area contributed by atoms with Crippen LogP contribution in [-0.4, -0.2) is 18.6 Å². The summed E-state index contributed by atoms with van der Waals surface area (Å²) in [5, 5.41) is 0. The van der Waals surface area contributed by atoms with E-state index in [1.54, 1.807) is 0 Å². The first-order chi connectivity index (χ1) is 9.33. The van der Waals surface area contributed by atoms with E-state index in [1.807, 2.05) is 42.3 Å². The lowest BCUT2D eigenvalue weighted by atomic mass is 10.1. The van der Waals surface area contributed by atoms with Crippen LogP contribution in [0, 0.1) is 0 Å². The van der Waals surface area contributed by atoms with E-state index in [0.29, 0.717) is 6.01 Å². The molecule has 96 valence electrons. The molecule has 0 N–H and O–H groups in total. The van der Waals surface area contributed by atoms with Gasteiger partial charge in [0, 0.05) is 13.6 Å². The maximum Gasteiger partial charge on any atom is 0.298 e. The van der Waals surface area contributed by atoms with Gasteiger partial charge < -0.3 is 9.32 Å². The van der Waals surface area contributed by atoms with E-state index >= 15 is 0 Å². The van der Waals surface area contributed by atoms with Gasteiger partial charge in [-0.3, -0.25) is 0 Å². The Balaban J connectivity index is 1.71. The summed E-state index contributed by atoms with van der Waals surface area (Å²) in [7, 11) is 2.01. The molecule has 0 saturated heterocycles. The lowest BCUT2D eigenvalue weighted by molar-refractivity contribution is 0.583. The van der Waals surface area contributed by atoms with Crippen molar-refractivity contribution in [3.05, 3.63) is 60.2 Å². The number of nitrogens with zero attached hydrogens (tertiary/aromatic N) is 2. The average molecular weight is 252 g/mol. The number of fused-ring (bicyclic) bond motifs is 1. The van der Waals surface area contributed by atoms with Gasteiger partial charge in [0.1, 0.15) is 5.52 Å². The summed E-state index contributed by atoms with van der Waals surface area (Å²) in [5.41, 5.74) is 3.07. The molecule has 0 fully saturated rings. The van der Waals surface area contributed by atoms with Crippen molar-refractivity contribution in [1.29, 1.82) is 0 Å². The van der Waals surface area contributed by atoms with Crippen LogP contribution >= 0.6 is 0 Å². The van der Waals surface area contributed by atoms with Gasteiger partial charge in [-0.25, -0.2) is 0 Å². The van der Waals surface area contributed by atoms with Crippen LogP contribution in [0.5, 0.6) is 0 Å². The van der Waals surface area contributed by atoms with Gasteiger partial charge in [-0.2, -0.15) is 4.98 Å². The molecule has 0 spiro atoms. The third-order valence-corrected chi connectivity index (χ3v) is 3.19. The molecule has 0 bridgehead atoms. The summed E-state index contributed by atoms with van der Waals surface area (Å²) in [5.74, 6) is 0. The molecule has 0 radical (unpaired) electrons. The molecule has 3 aromatic rings. The first-order valence-corrected chi connectivity index (χ1v) is 6.43. The van der Waals surface area contributed by atoms with Gasteiger partial charge >= 0.3 is 0 Å². The normalized spacial score (nSPS) is 10.8. The highest BCUT2D eigenvalue weighted by Gasteiger charge is 2.09. The van der Waals surface area contributed by atoms with Gasteiger partial charge in [-0.15, -0.1) is 0 Å². The number of hydrogen-bond acceptors (Lipinski definition) is 3. The average Bonchev–Trinajstić information content (AvgIpc) is 2.90. The topological polar surface area (TPSA) is 29.3 Å². The van der Waals surface area contributed by atoms with Crippen LogP contribution in [0.15, 0.2) is 59.0 Å². The van der Waals surface area contributed by atoms with Gasteiger partial charge in [0.2, 0.25) is 0 Å². The maximum atomic E-state index is 5.73. The molecule has 3 heteroatoms. The molecular weight excluding hydrogens is 236 g/mol. The second kappa shape index (κ2) is 5.14. The summed E-state index contributed by atoms with van der Waals surface area (Å²) >= 11 is 0. The molecule has 3 rings (SSSR count). The van der Waals surface area contributed by atoms with Gasteiger partial charge in [-0.1, -0.05) is 42.5 Å². The van der Waals surface area contributed by atoms with E-state index in [2.05, 4.69) is 29.2 Å². The van der Waals surface area contributed by atoms with E-state index in [4.69, 9.17) is 4.42 Å². The monoisotopic (exact) mass is 252 g/mol. The minimum atomic E-state index is 0.678. The van der Waals surface area contributed by atoms with Crippen LogP contribution in [0.2, 0.25) is 0 Å². The lowest BCUT2D eigenvalue weighted by Crippen LogP contribution is -2.20. The number of oxazole rings is 1. The maximum absolute atomic E-state index is 5.73. The summed E-state index contributed by atoms with van der Waals surface area (Å²) in [6, 6.07) is 19.0. The zero-order chi connectivity index (χ0) is 13.1. The van der Waals surface area contributed by atoms with Crippen LogP contribution in [0.3, 0.4) is 0 Å². The van der Waals surface area contributed by atoms with Crippen molar-refractivity contribution in [3.8, 4) is 0 Å². The van der Waals surface area contributed by atoms with Crippen LogP contribution in [0.4, 0.5) is 6.01 Å². The zero-order valence-electron chi connectivity index (χ0n) is 10.9. The largest absolute Gasteiger partial charge is 0.423 e. The van der Waals surface area contributed by atoms with E-state index in [9.17, 15) is 0 Å². The van der Waals surface area contributed by atoms with Gasteiger partial charge in [0.25, 0.3) is 6.01 Å². The molecule has 0 saturated carbocycles. The van der Waals surface area contributed by atoms with E-state index in [0.717, 1.165) is 24.1 Å². The van der Waals surface area contributed by atoms with Crippen molar-refractivity contribution in [3.63, 3.8) is 0 Å². The van der Waals surface area contributed by atoms with Crippen LogP contribution in [-0.2, 0) is 6.42 Å². The number of aromatic nitrogens is 1. The summed E-state index contributed by atoms with van der Waals surface area (Å²) in [6.45, 7) is 0.886. The molecule has 0 unspecified atom stereocenters. The van der Waals surface area contributed by atoms with Crippen molar-refractivity contribution in [2.24, 2.45) is 0 Å². The lowest BCUT2D eigenvalue weighted by Gasteiger charge is -2.13. The Labute approximate surface area is 112 Å². The van der Waals surface area contributed by atoms with Crippen LogP contribution in [0.1, 0.15) is 5.56 Å². The molecule has 0 amide bonds. The number of hydrogen-bond donors (Lipinski definition) is 0. The highest BCUT2D eigenvalue weighted by molar-refractivity contribution is 5.74. The number of likely N-dealkylation sites (N-methyl/N-ethyl adjacent to an activating group) is 1. The van der Waals surface area contributed by atoms with Crippen molar-refractivity contribution >= 4 is 17.1 Å². The van der Waals surface area contributed by atoms with Crippen molar-refractivity contribution < 1.29 is 4.42 Å². The van der Waals surface area contributed by atoms with Crippen molar-refractivity contribution in [2.45, 2.75) is 6.42 Å². The second-order valence-corrected chi connectivity index (χ2v) is 4.62. The molecule has 0 atom stereocenters. The third kappa shape index (κ3) is 2.60. The summed E-state index contributed by atoms with van der Waals surface area (Å²) in [4.78, 5) is 6.53. The van der Waals surface area contributed by atoms with E-state index in [1.165, 1.54) is 5.56 Å². The number of para-hydroxylation sites is 2. The minimum Gasteiger partial charge on any atom is -0.423 e. The third-order valence-electron chi connectivity index (χ3n) is 3.19. The molecule has 3 nitrogen and oxygen atoms in total. The number of anilines is 1. The fraction of sp³-hybridized carbons (Fsp3) is 0.188. The Morgan fingerprint density at radius 2 is 1.74 bits per heavy atom. The number of rotatable bonds is 4. The fourth-order valence-corrected chi connectivity index (χ4v) is 2.06. The Kier molecular flexibility index (Phi) is 3.19. The van der Waals surface area contributed by atoms with Gasteiger partial charge in [0.15, 0.2) is 5.58 Å². The first kappa shape index (κ1) is 11.8. The predicted octanol–water partition coefficient (Wildman–Crippen LogP) is 3.51. The highest BCUT2D eigenvalue weighted by Crippen LogP contribution is 2.20. The Morgan fingerprint density at radius 1 is 1.00 bits per heavy atom. The number of benzene rings is 2. The standard InChI is InChI=1S/C16H16N2O/c1-18(12-11-13-7-3-2-4-8-13)16-17-14-9-5-6-10-15(14)19-16/h2-10H,11-12H2,1H3. The van der Waals surface area contributed by atoms with Crippen LogP contribution in [0.25, 0.3) is 11.1 Å². The van der Waals surface area contributed by atoms with Gasteiger partial charge in [-0.05, 0) is 24.1 Å². The molecule has 0 aliphatic carbocycles. The zero-order valence-corrected chi connectivity index (χ0v) is 10.9.